The molecule has 0 amide bonds. The van der Waals surface area contributed by atoms with Gasteiger partial charge in [0.2, 0.25) is 6.23 Å². The summed E-state index contributed by atoms with van der Waals surface area (Å²) >= 11 is 6.09. The molecule has 5 aromatic rings. The van der Waals surface area contributed by atoms with E-state index in [9.17, 15) is 0 Å². The number of benzene rings is 4. The molecule has 0 spiro atoms. The molecule has 35 heavy (non-hydrogen) atoms. The number of fused-ring (bicyclic) bond motifs is 4. The summed E-state index contributed by atoms with van der Waals surface area (Å²) in [4.78, 5) is 0. The fourth-order valence-electron chi connectivity index (χ4n) is 4.98. The lowest BCUT2D eigenvalue weighted by molar-refractivity contribution is -0.0189. The van der Waals surface area contributed by atoms with E-state index in [1.54, 1.807) is 0 Å². The summed E-state index contributed by atoms with van der Waals surface area (Å²) in [7, 11) is 0. The highest BCUT2D eigenvalue weighted by molar-refractivity contribution is 6.30. The molecule has 0 unspecified atom stereocenters. The van der Waals surface area contributed by atoms with Crippen molar-refractivity contribution in [1.82, 2.24) is 10.2 Å². The van der Waals surface area contributed by atoms with Crippen LogP contribution < -0.4 is 4.74 Å². The standard InChI is InChI=1S/C29H20ClN3O2/c30-21-13-10-19(11-14-21)28-23-16-20(12-15-24(23)32-35-28)29-33-26(22-8-4-5-9-27(22)34-29)17-25(31-33)18-6-2-1-3-7-18/h1-16,26,29H,17H2/t26-,29-/m0/s1. The Balaban J connectivity index is 1.34. The molecule has 0 N–H and O–H groups in total. The van der Waals surface area contributed by atoms with Crippen LogP contribution in [0.15, 0.2) is 107 Å². The maximum absolute atomic E-state index is 6.55. The van der Waals surface area contributed by atoms with Crippen LogP contribution in [0, 0.1) is 0 Å². The van der Waals surface area contributed by atoms with E-state index in [2.05, 4.69) is 52.6 Å². The lowest BCUT2D eigenvalue weighted by atomic mass is 9.95. The largest absolute Gasteiger partial charge is 0.464 e. The fourth-order valence-corrected chi connectivity index (χ4v) is 5.11. The van der Waals surface area contributed by atoms with E-state index >= 15 is 0 Å². The minimum absolute atomic E-state index is 0.106. The summed E-state index contributed by atoms with van der Waals surface area (Å²) < 4.78 is 12.3. The quantitative estimate of drug-likeness (QED) is 0.272. The molecule has 0 saturated carbocycles. The van der Waals surface area contributed by atoms with Gasteiger partial charge in [0.05, 0.1) is 17.1 Å². The summed E-state index contributed by atoms with van der Waals surface area (Å²) in [6.07, 6.45) is 0.459. The van der Waals surface area contributed by atoms with Crippen molar-refractivity contribution >= 4 is 28.2 Å². The first-order valence-corrected chi connectivity index (χ1v) is 11.9. The van der Waals surface area contributed by atoms with Gasteiger partial charge in [-0.15, -0.1) is 0 Å². The molecule has 0 radical (unpaired) electrons. The van der Waals surface area contributed by atoms with Crippen molar-refractivity contribution in [3.8, 4) is 17.1 Å². The predicted octanol–water partition coefficient (Wildman–Crippen LogP) is 7.39. The normalized spacial score (nSPS) is 18.7. The van der Waals surface area contributed by atoms with Crippen molar-refractivity contribution < 1.29 is 9.26 Å². The third-order valence-corrected chi connectivity index (χ3v) is 6.95. The minimum atomic E-state index is -0.367. The lowest BCUT2D eigenvalue weighted by Gasteiger charge is -2.38. The monoisotopic (exact) mass is 477 g/mol. The second-order valence-electron chi connectivity index (χ2n) is 8.82. The molecule has 2 aliphatic rings. The average molecular weight is 478 g/mol. The molecule has 5 nitrogen and oxygen atoms in total. The van der Waals surface area contributed by atoms with Crippen LogP contribution in [0.2, 0.25) is 5.02 Å². The number of para-hydroxylation sites is 1. The smallest absolute Gasteiger partial charge is 0.213 e. The Hall–Kier alpha value is -4.09. The van der Waals surface area contributed by atoms with E-state index in [0.717, 1.165) is 51.0 Å². The molecule has 1 aromatic heterocycles. The van der Waals surface area contributed by atoms with E-state index in [1.165, 1.54) is 0 Å². The highest BCUT2D eigenvalue weighted by Crippen LogP contribution is 2.48. The number of hydrogen-bond acceptors (Lipinski definition) is 5. The second kappa shape index (κ2) is 8.00. The van der Waals surface area contributed by atoms with Crippen LogP contribution in [0.3, 0.4) is 0 Å². The van der Waals surface area contributed by atoms with Gasteiger partial charge in [-0.05, 0) is 48.0 Å². The summed E-state index contributed by atoms with van der Waals surface area (Å²) in [6, 6.07) is 32.4. The summed E-state index contributed by atoms with van der Waals surface area (Å²) in [5.41, 5.74) is 6.07. The van der Waals surface area contributed by atoms with Gasteiger partial charge in [0.15, 0.2) is 5.76 Å². The zero-order valence-corrected chi connectivity index (χ0v) is 19.4. The Labute approximate surface area is 207 Å². The summed E-state index contributed by atoms with van der Waals surface area (Å²) in [6.45, 7) is 0. The molecule has 0 aliphatic carbocycles. The molecular formula is C29H20ClN3O2. The Morgan fingerprint density at radius 1 is 0.829 bits per heavy atom. The Morgan fingerprint density at radius 3 is 2.49 bits per heavy atom. The van der Waals surface area contributed by atoms with E-state index in [1.807, 2.05) is 54.6 Å². The van der Waals surface area contributed by atoms with Crippen molar-refractivity contribution in [2.24, 2.45) is 5.10 Å². The molecule has 6 heteroatoms. The first-order valence-electron chi connectivity index (χ1n) is 11.6. The van der Waals surface area contributed by atoms with Gasteiger partial charge in [-0.2, -0.15) is 5.10 Å². The number of halogens is 1. The van der Waals surface area contributed by atoms with Crippen LogP contribution in [0.4, 0.5) is 0 Å². The SMILES string of the molecule is Clc1ccc(-c2onc3ccc([C@@H]4Oc5ccccc5[C@@H]5CC(c6ccccc6)=NN54)cc23)cc1. The van der Waals surface area contributed by atoms with Crippen LogP contribution in [-0.2, 0) is 0 Å². The van der Waals surface area contributed by atoms with Crippen LogP contribution in [0.25, 0.3) is 22.2 Å². The number of nitrogens with zero attached hydrogens (tertiary/aromatic N) is 3. The lowest BCUT2D eigenvalue weighted by Crippen LogP contribution is -2.33. The fraction of sp³-hybridized carbons (Fsp3) is 0.103. The maximum Gasteiger partial charge on any atom is 0.213 e. The van der Waals surface area contributed by atoms with Crippen LogP contribution >= 0.6 is 11.6 Å². The van der Waals surface area contributed by atoms with Gasteiger partial charge >= 0.3 is 0 Å². The molecule has 0 fully saturated rings. The van der Waals surface area contributed by atoms with Crippen LogP contribution in [-0.4, -0.2) is 15.9 Å². The molecular weight excluding hydrogens is 458 g/mol. The van der Waals surface area contributed by atoms with Crippen LogP contribution in [0.5, 0.6) is 5.75 Å². The van der Waals surface area contributed by atoms with Crippen molar-refractivity contribution in [3.05, 3.63) is 119 Å². The third-order valence-electron chi connectivity index (χ3n) is 6.70. The maximum atomic E-state index is 6.55. The molecule has 0 saturated heterocycles. The third kappa shape index (κ3) is 3.39. The van der Waals surface area contributed by atoms with E-state index in [0.29, 0.717) is 10.8 Å². The first-order chi connectivity index (χ1) is 17.2. The van der Waals surface area contributed by atoms with Gasteiger partial charge in [-0.3, -0.25) is 0 Å². The van der Waals surface area contributed by atoms with Gasteiger partial charge in [0.1, 0.15) is 11.3 Å². The minimum Gasteiger partial charge on any atom is -0.464 e. The van der Waals surface area contributed by atoms with Crippen molar-refractivity contribution in [3.63, 3.8) is 0 Å². The summed E-state index contributed by atoms with van der Waals surface area (Å²) in [5.74, 6) is 1.60. The number of ether oxygens (including phenoxy) is 1. The predicted molar refractivity (Wildman–Crippen MR) is 136 cm³/mol. The van der Waals surface area contributed by atoms with Crippen molar-refractivity contribution in [1.29, 1.82) is 0 Å². The number of hydrazone groups is 1. The van der Waals surface area contributed by atoms with Gasteiger partial charge in [0.25, 0.3) is 0 Å². The van der Waals surface area contributed by atoms with E-state index < -0.39 is 0 Å². The molecule has 3 heterocycles. The molecule has 0 bridgehead atoms. The van der Waals surface area contributed by atoms with Gasteiger partial charge in [-0.1, -0.05) is 71.4 Å². The van der Waals surface area contributed by atoms with Gasteiger partial charge in [-0.25, -0.2) is 5.01 Å². The summed E-state index contributed by atoms with van der Waals surface area (Å²) in [5, 5.41) is 13.0. The molecule has 4 aromatic carbocycles. The number of rotatable bonds is 3. The van der Waals surface area contributed by atoms with E-state index in [-0.39, 0.29) is 12.3 Å². The molecule has 2 aliphatic heterocycles. The van der Waals surface area contributed by atoms with Gasteiger partial charge in [0, 0.05) is 28.1 Å². The van der Waals surface area contributed by atoms with Crippen LogP contribution in [0.1, 0.15) is 35.4 Å². The highest BCUT2D eigenvalue weighted by Gasteiger charge is 2.41. The Bertz CT molecular complexity index is 1580. The number of aromatic nitrogens is 1. The molecule has 170 valence electrons. The zero-order chi connectivity index (χ0) is 23.4. The molecule has 2 atom stereocenters. The number of hydrogen-bond donors (Lipinski definition) is 0. The van der Waals surface area contributed by atoms with Gasteiger partial charge < -0.3 is 9.26 Å². The van der Waals surface area contributed by atoms with Crippen molar-refractivity contribution in [2.45, 2.75) is 18.7 Å². The average Bonchev–Trinajstić information content (AvgIpc) is 3.54. The topological polar surface area (TPSA) is 50.9 Å². The second-order valence-corrected chi connectivity index (χ2v) is 9.25. The first kappa shape index (κ1) is 20.3. The highest BCUT2D eigenvalue weighted by atomic mass is 35.5. The van der Waals surface area contributed by atoms with E-state index in [4.69, 9.17) is 26.0 Å². The Morgan fingerprint density at radius 2 is 1.63 bits per heavy atom. The molecule has 7 rings (SSSR count). The van der Waals surface area contributed by atoms with Crippen molar-refractivity contribution in [2.75, 3.05) is 0 Å². The Kier molecular flexibility index (Phi) is 4.64. The zero-order valence-electron chi connectivity index (χ0n) is 18.6.